The molecular weight excluding hydrogens is 162 g/mol. The first kappa shape index (κ1) is 9.02. The minimum absolute atomic E-state index is 0.157. The van der Waals surface area contributed by atoms with Crippen LogP contribution in [0.1, 0.15) is 40.0 Å². The molecule has 0 radical (unpaired) electrons. The van der Waals surface area contributed by atoms with Crippen LogP contribution in [-0.2, 0) is 0 Å². The molecular formula is C11H17NO. The van der Waals surface area contributed by atoms with E-state index in [0.717, 1.165) is 12.8 Å². The Kier molecular flexibility index (Phi) is 1.45. The maximum Gasteiger partial charge on any atom is 0.161 e. The van der Waals surface area contributed by atoms with Crippen molar-refractivity contribution in [3.05, 3.63) is 0 Å². The summed E-state index contributed by atoms with van der Waals surface area (Å²) in [6.45, 7) is 6.13. The minimum atomic E-state index is -1.11. The molecule has 13 heavy (non-hydrogen) atoms. The van der Waals surface area contributed by atoms with Gasteiger partial charge >= 0.3 is 0 Å². The highest BCUT2D eigenvalue weighted by Crippen LogP contribution is 2.67. The molecule has 0 saturated heterocycles. The van der Waals surface area contributed by atoms with Crippen molar-refractivity contribution in [1.29, 1.82) is 5.26 Å². The number of rotatable bonds is 0. The van der Waals surface area contributed by atoms with Gasteiger partial charge in [0.1, 0.15) is 0 Å². The summed E-state index contributed by atoms with van der Waals surface area (Å²) in [5, 5.41) is 19.6. The Hall–Kier alpha value is -0.550. The maximum atomic E-state index is 10.4. The first-order valence-electron chi connectivity index (χ1n) is 5.01. The lowest BCUT2D eigenvalue weighted by atomic mass is 9.61. The highest BCUT2D eigenvalue weighted by Gasteiger charge is 2.69. The molecule has 72 valence electrons. The molecule has 0 heterocycles. The summed E-state index contributed by atoms with van der Waals surface area (Å²) >= 11 is 0. The third kappa shape index (κ3) is 0.729. The second kappa shape index (κ2) is 2.09. The lowest BCUT2D eigenvalue weighted by molar-refractivity contribution is -0.0969. The van der Waals surface area contributed by atoms with Crippen molar-refractivity contribution < 1.29 is 5.11 Å². The topological polar surface area (TPSA) is 44.0 Å². The van der Waals surface area contributed by atoms with Crippen LogP contribution in [-0.4, -0.2) is 10.7 Å². The largest absolute Gasteiger partial charge is 0.374 e. The number of fused-ring (bicyclic) bond motifs is 2. The SMILES string of the molecule is CC1(C)[C@H]2CC[C@@](C)(C2)[C@]1(O)C#N. The zero-order valence-electron chi connectivity index (χ0n) is 8.59. The molecule has 3 atom stereocenters. The predicted octanol–water partition coefficient (Wildman–Crippen LogP) is 2.09. The minimum Gasteiger partial charge on any atom is -0.374 e. The van der Waals surface area contributed by atoms with Gasteiger partial charge in [-0.1, -0.05) is 20.8 Å². The first-order valence-corrected chi connectivity index (χ1v) is 5.01. The average Bonchev–Trinajstić information content (AvgIpc) is 2.51. The molecule has 0 aromatic carbocycles. The summed E-state index contributed by atoms with van der Waals surface area (Å²) in [5.74, 6) is 0.530. The van der Waals surface area contributed by atoms with Gasteiger partial charge in [0.2, 0.25) is 0 Å². The summed E-state index contributed by atoms with van der Waals surface area (Å²) in [6, 6.07) is 2.16. The second-order valence-corrected chi connectivity index (χ2v) is 5.54. The van der Waals surface area contributed by atoms with E-state index in [4.69, 9.17) is 5.26 Å². The van der Waals surface area contributed by atoms with Gasteiger partial charge in [0.25, 0.3) is 0 Å². The number of nitriles is 1. The molecule has 0 aliphatic heterocycles. The highest BCUT2D eigenvalue weighted by atomic mass is 16.3. The van der Waals surface area contributed by atoms with E-state index < -0.39 is 5.60 Å². The Morgan fingerprint density at radius 1 is 1.38 bits per heavy atom. The van der Waals surface area contributed by atoms with Gasteiger partial charge in [0, 0.05) is 10.8 Å². The Balaban J connectivity index is 2.53. The summed E-state index contributed by atoms with van der Waals surface area (Å²) in [6.07, 6.45) is 3.20. The summed E-state index contributed by atoms with van der Waals surface area (Å²) in [5.41, 5.74) is -1.49. The fourth-order valence-electron chi connectivity index (χ4n) is 3.54. The number of nitrogens with zero attached hydrogens (tertiary/aromatic N) is 1. The van der Waals surface area contributed by atoms with E-state index in [1.807, 2.05) is 13.8 Å². The summed E-state index contributed by atoms with van der Waals surface area (Å²) in [4.78, 5) is 0. The lowest BCUT2D eigenvalue weighted by Crippen LogP contribution is -2.52. The quantitative estimate of drug-likeness (QED) is 0.579. The standard InChI is InChI=1S/C11H17NO/c1-9(2)8-4-5-10(3,6-8)11(9,13)7-12/h8,13H,4-6H2,1-3H3/t8-,10-,11-/m0/s1. The van der Waals surface area contributed by atoms with Gasteiger partial charge in [-0.2, -0.15) is 5.26 Å². The molecule has 2 aliphatic rings. The molecule has 0 aromatic rings. The third-order valence-corrected chi connectivity index (χ3v) is 4.73. The van der Waals surface area contributed by atoms with Crippen LogP contribution < -0.4 is 0 Å². The fraction of sp³-hybridized carbons (Fsp3) is 0.909. The van der Waals surface area contributed by atoms with Crippen LogP contribution in [0.3, 0.4) is 0 Å². The molecule has 2 rings (SSSR count). The second-order valence-electron chi connectivity index (χ2n) is 5.54. The molecule has 1 N–H and O–H groups in total. The number of hydrogen-bond donors (Lipinski definition) is 1. The Bertz CT molecular complexity index is 284. The van der Waals surface area contributed by atoms with Gasteiger partial charge in [0.05, 0.1) is 6.07 Å². The zero-order chi connectivity index (χ0) is 9.91. The summed E-state index contributed by atoms with van der Waals surface area (Å²) < 4.78 is 0. The molecule has 2 heteroatoms. The third-order valence-electron chi connectivity index (χ3n) is 4.73. The van der Waals surface area contributed by atoms with E-state index in [1.165, 1.54) is 6.42 Å². The van der Waals surface area contributed by atoms with E-state index >= 15 is 0 Å². The molecule has 2 fully saturated rings. The Labute approximate surface area is 79.6 Å². The van der Waals surface area contributed by atoms with Gasteiger partial charge in [-0.05, 0) is 25.2 Å². The van der Waals surface area contributed by atoms with E-state index in [9.17, 15) is 5.11 Å². The van der Waals surface area contributed by atoms with Crippen molar-refractivity contribution in [1.82, 2.24) is 0 Å². The first-order chi connectivity index (χ1) is 5.87. The van der Waals surface area contributed by atoms with Crippen molar-refractivity contribution in [2.75, 3.05) is 0 Å². The van der Waals surface area contributed by atoms with Crippen LogP contribution in [0.15, 0.2) is 0 Å². The van der Waals surface area contributed by atoms with E-state index in [1.54, 1.807) is 0 Å². The van der Waals surface area contributed by atoms with Gasteiger partial charge in [0.15, 0.2) is 5.60 Å². The van der Waals surface area contributed by atoms with E-state index in [0.29, 0.717) is 5.92 Å². The number of hydrogen-bond acceptors (Lipinski definition) is 2. The van der Waals surface area contributed by atoms with Crippen molar-refractivity contribution in [2.45, 2.75) is 45.6 Å². The molecule has 2 nitrogen and oxygen atoms in total. The van der Waals surface area contributed by atoms with E-state index in [-0.39, 0.29) is 10.8 Å². The predicted molar refractivity (Wildman–Crippen MR) is 49.8 cm³/mol. The van der Waals surface area contributed by atoms with Gasteiger partial charge < -0.3 is 5.11 Å². The van der Waals surface area contributed by atoms with Crippen LogP contribution in [0.5, 0.6) is 0 Å². The fourth-order valence-corrected chi connectivity index (χ4v) is 3.54. The molecule has 0 unspecified atom stereocenters. The van der Waals surface area contributed by atoms with Crippen molar-refractivity contribution in [3.8, 4) is 6.07 Å². The van der Waals surface area contributed by atoms with Gasteiger partial charge in [-0.3, -0.25) is 0 Å². The van der Waals surface area contributed by atoms with Crippen molar-refractivity contribution in [3.63, 3.8) is 0 Å². The van der Waals surface area contributed by atoms with Crippen LogP contribution in [0.4, 0.5) is 0 Å². The number of aliphatic hydroxyl groups is 1. The van der Waals surface area contributed by atoms with Crippen LogP contribution in [0.25, 0.3) is 0 Å². The summed E-state index contributed by atoms with van der Waals surface area (Å²) in [7, 11) is 0. The molecule has 0 amide bonds. The maximum absolute atomic E-state index is 10.4. The lowest BCUT2D eigenvalue weighted by Gasteiger charge is -2.45. The Morgan fingerprint density at radius 3 is 2.31 bits per heavy atom. The highest BCUT2D eigenvalue weighted by molar-refractivity contribution is 5.26. The molecule has 2 bridgehead atoms. The zero-order valence-corrected chi connectivity index (χ0v) is 8.59. The van der Waals surface area contributed by atoms with Crippen LogP contribution >= 0.6 is 0 Å². The van der Waals surface area contributed by atoms with Crippen molar-refractivity contribution in [2.24, 2.45) is 16.7 Å². The van der Waals surface area contributed by atoms with Gasteiger partial charge in [-0.25, -0.2) is 0 Å². The Morgan fingerprint density at radius 2 is 2.00 bits per heavy atom. The molecule has 2 saturated carbocycles. The van der Waals surface area contributed by atoms with Crippen molar-refractivity contribution >= 4 is 0 Å². The van der Waals surface area contributed by atoms with Gasteiger partial charge in [-0.15, -0.1) is 0 Å². The monoisotopic (exact) mass is 179 g/mol. The molecule has 0 aromatic heterocycles. The smallest absolute Gasteiger partial charge is 0.161 e. The normalized spacial score (nSPS) is 52.1. The average molecular weight is 179 g/mol. The molecule has 2 aliphatic carbocycles. The van der Waals surface area contributed by atoms with Crippen LogP contribution in [0.2, 0.25) is 0 Å². The van der Waals surface area contributed by atoms with Crippen LogP contribution in [0, 0.1) is 28.1 Å². The molecule has 0 spiro atoms. The van der Waals surface area contributed by atoms with E-state index in [2.05, 4.69) is 13.0 Å².